The third-order valence-electron chi connectivity index (χ3n) is 2.79. The van der Waals surface area contributed by atoms with E-state index in [1.54, 1.807) is 30.3 Å². The van der Waals surface area contributed by atoms with Gasteiger partial charge in [0.2, 0.25) is 0 Å². The van der Waals surface area contributed by atoms with E-state index in [1.165, 1.54) is 6.07 Å². The van der Waals surface area contributed by atoms with Crippen LogP contribution in [0.15, 0.2) is 48.5 Å². The Morgan fingerprint density at radius 2 is 1.76 bits per heavy atom. The molecule has 2 rings (SSSR count). The summed E-state index contributed by atoms with van der Waals surface area (Å²) in [4.78, 5) is 24.2. The van der Waals surface area contributed by atoms with Crippen molar-refractivity contribution < 1.29 is 24.2 Å². The predicted molar refractivity (Wildman–Crippen MR) is 73.8 cm³/mol. The van der Waals surface area contributed by atoms with Crippen molar-refractivity contribution in [1.29, 1.82) is 0 Å². The number of amides is 1. The summed E-state index contributed by atoms with van der Waals surface area (Å²) in [6, 6.07) is 11.2. The number of aliphatic carboxylic acids is 1. The van der Waals surface area contributed by atoms with Gasteiger partial charge in [0.1, 0.15) is 18.1 Å². The maximum Gasteiger partial charge on any atom is 0.323 e. The fourth-order valence-electron chi connectivity index (χ4n) is 1.85. The Morgan fingerprint density at radius 3 is 2.33 bits per heavy atom. The number of halogens is 1. The number of phenols is 1. The average molecular weight is 289 g/mol. The molecule has 2 aromatic rings. The number of hydrogen-bond acceptors (Lipinski definition) is 3. The zero-order valence-electron chi connectivity index (χ0n) is 10.9. The lowest BCUT2D eigenvalue weighted by Crippen LogP contribution is -2.36. The normalized spacial score (nSPS) is 10.1. The second-order valence-electron chi connectivity index (χ2n) is 4.28. The number of phenolic OH excluding ortho intramolecular Hbond substituents is 1. The minimum Gasteiger partial charge on any atom is -0.508 e. The second kappa shape index (κ2) is 6.04. The molecule has 0 aliphatic rings. The highest BCUT2D eigenvalue weighted by atomic mass is 19.1. The molecular weight excluding hydrogens is 277 g/mol. The van der Waals surface area contributed by atoms with Crippen LogP contribution in [0.5, 0.6) is 5.75 Å². The van der Waals surface area contributed by atoms with Crippen LogP contribution in [0.25, 0.3) is 0 Å². The summed E-state index contributed by atoms with van der Waals surface area (Å²) in [5, 5.41) is 18.1. The van der Waals surface area contributed by atoms with Crippen LogP contribution >= 0.6 is 0 Å². The van der Waals surface area contributed by atoms with Gasteiger partial charge in [-0.25, -0.2) is 4.39 Å². The number of carbonyl (C=O) groups is 2. The van der Waals surface area contributed by atoms with E-state index in [-0.39, 0.29) is 11.3 Å². The minimum absolute atomic E-state index is 0.307. The molecule has 0 atom stereocenters. The van der Waals surface area contributed by atoms with Gasteiger partial charge in [0.15, 0.2) is 0 Å². The molecule has 0 aliphatic carbocycles. The van der Waals surface area contributed by atoms with Gasteiger partial charge in [0, 0.05) is 11.8 Å². The van der Waals surface area contributed by atoms with E-state index in [0.717, 1.165) is 17.0 Å². The lowest BCUT2D eigenvalue weighted by Gasteiger charge is -2.21. The summed E-state index contributed by atoms with van der Waals surface area (Å²) in [5.74, 6) is -3.23. The van der Waals surface area contributed by atoms with E-state index in [4.69, 9.17) is 10.2 Å². The van der Waals surface area contributed by atoms with Gasteiger partial charge in [-0.05, 0) is 24.3 Å². The zero-order valence-corrected chi connectivity index (χ0v) is 10.9. The summed E-state index contributed by atoms with van der Waals surface area (Å²) in [5.41, 5.74) is 0.0373. The number of para-hydroxylation sites is 1. The van der Waals surface area contributed by atoms with Gasteiger partial charge in [0.05, 0.1) is 5.56 Å². The predicted octanol–water partition coefficient (Wildman–Crippen LogP) is 2.26. The van der Waals surface area contributed by atoms with Gasteiger partial charge < -0.3 is 10.2 Å². The summed E-state index contributed by atoms with van der Waals surface area (Å²) in [6.45, 7) is -0.594. The molecule has 5 nitrogen and oxygen atoms in total. The van der Waals surface area contributed by atoms with Gasteiger partial charge in [-0.2, -0.15) is 0 Å². The van der Waals surface area contributed by atoms with Crippen molar-refractivity contribution in [2.24, 2.45) is 0 Å². The monoisotopic (exact) mass is 289 g/mol. The van der Waals surface area contributed by atoms with E-state index in [0.29, 0.717) is 5.69 Å². The Labute approximate surface area is 119 Å². The summed E-state index contributed by atoms with van der Waals surface area (Å²) < 4.78 is 13.8. The number of anilines is 1. The molecule has 0 aliphatic heterocycles. The van der Waals surface area contributed by atoms with Crippen molar-refractivity contribution in [2.45, 2.75) is 0 Å². The summed E-state index contributed by atoms with van der Waals surface area (Å²) >= 11 is 0. The maximum absolute atomic E-state index is 13.8. The van der Waals surface area contributed by atoms with E-state index in [1.807, 2.05) is 0 Å². The SMILES string of the molecule is O=C(O)CN(C(=O)c1ccc(O)cc1F)c1ccccc1. The molecule has 0 saturated heterocycles. The Morgan fingerprint density at radius 1 is 1.10 bits per heavy atom. The van der Waals surface area contributed by atoms with Crippen LogP contribution in [-0.2, 0) is 4.79 Å². The number of aromatic hydroxyl groups is 1. The van der Waals surface area contributed by atoms with Crippen molar-refractivity contribution in [3.63, 3.8) is 0 Å². The van der Waals surface area contributed by atoms with Gasteiger partial charge in [-0.3, -0.25) is 14.5 Å². The number of carboxylic acids is 1. The number of benzene rings is 2. The van der Waals surface area contributed by atoms with Crippen molar-refractivity contribution in [1.82, 2.24) is 0 Å². The lowest BCUT2D eigenvalue weighted by atomic mass is 10.1. The molecule has 0 fully saturated rings. The first-order valence-electron chi connectivity index (χ1n) is 6.06. The van der Waals surface area contributed by atoms with Crippen LogP contribution in [0.3, 0.4) is 0 Å². The molecule has 6 heteroatoms. The van der Waals surface area contributed by atoms with Crippen LogP contribution in [0.1, 0.15) is 10.4 Å². The molecule has 0 radical (unpaired) electrons. The summed E-state index contributed by atoms with van der Waals surface area (Å²) in [6.07, 6.45) is 0. The van der Waals surface area contributed by atoms with Crippen LogP contribution < -0.4 is 4.90 Å². The molecule has 0 heterocycles. The third kappa shape index (κ3) is 3.36. The van der Waals surface area contributed by atoms with Gasteiger partial charge in [-0.1, -0.05) is 18.2 Å². The molecule has 108 valence electrons. The van der Waals surface area contributed by atoms with Crippen LogP contribution in [-0.4, -0.2) is 28.6 Å². The lowest BCUT2D eigenvalue weighted by molar-refractivity contribution is -0.135. The third-order valence-corrected chi connectivity index (χ3v) is 2.79. The van der Waals surface area contributed by atoms with Gasteiger partial charge in [-0.15, -0.1) is 0 Å². The van der Waals surface area contributed by atoms with Gasteiger partial charge in [0.25, 0.3) is 5.91 Å². The van der Waals surface area contributed by atoms with Crippen molar-refractivity contribution >= 4 is 17.6 Å². The molecule has 2 N–H and O–H groups in total. The Hall–Kier alpha value is -2.89. The fraction of sp³-hybridized carbons (Fsp3) is 0.0667. The van der Waals surface area contributed by atoms with E-state index < -0.39 is 24.2 Å². The van der Waals surface area contributed by atoms with Crippen LogP contribution in [0.4, 0.5) is 10.1 Å². The maximum atomic E-state index is 13.8. The Kier molecular flexibility index (Phi) is 4.18. The standard InChI is InChI=1S/C15H12FNO4/c16-13-8-11(18)6-7-12(13)15(21)17(9-14(19)20)10-4-2-1-3-5-10/h1-8,18H,9H2,(H,19,20). The quantitative estimate of drug-likeness (QED) is 0.905. The summed E-state index contributed by atoms with van der Waals surface area (Å²) in [7, 11) is 0. The smallest absolute Gasteiger partial charge is 0.323 e. The molecule has 0 unspecified atom stereocenters. The topological polar surface area (TPSA) is 77.8 Å². The first-order valence-corrected chi connectivity index (χ1v) is 6.06. The number of carbonyl (C=O) groups excluding carboxylic acids is 1. The van der Waals surface area contributed by atoms with Crippen LogP contribution in [0.2, 0.25) is 0 Å². The van der Waals surface area contributed by atoms with Crippen LogP contribution in [0, 0.1) is 5.82 Å². The molecule has 0 spiro atoms. The minimum atomic E-state index is -1.22. The molecule has 1 amide bonds. The molecule has 0 bridgehead atoms. The second-order valence-corrected chi connectivity index (χ2v) is 4.28. The van der Waals surface area contributed by atoms with Crippen molar-refractivity contribution in [3.8, 4) is 5.75 Å². The van der Waals surface area contributed by atoms with Crippen molar-refractivity contribution in [2.75, 3.05) is 11.4 Å². The van der Waals surface area contributed by atoms with E-state index in [9.17, 15) is 14.0 Å². The van der Waals surface area contributed by atoms with Gasteiger partial charge >= 0.3 is 5.97 Å². The molecule has 2 aromatic carbocycles. The molecule has 0 saturated carbocycles. The molecule has 21 heavy (non-hydrogen) atoms. The fourth-order valence-corrected chi connectivity index (χ4v) is 1.85. The Bertz CT molecular complexity index is 673. The zero-order chi connectivity index (χ0) is 15.4. The average Bonchev–Trinajstić information content (AvgIpc) is 2.45. The van der Waals surface area contributed by atoms with Crippen molar-refractivity contribution in [3.05, 3.63) is 59.9 Å². The number of rotatable bonds is 4. The van der Waals surface area contributed by atoms with E-state index in [2.05, 4.69) is 0 Å². The highest BCUT2D eigenvalue weighted by Crippen LogP contribution is 2.20. The molecular formula is C15H12FNO4. The largest absolute Gasteiger partial charge is 0.508 e. The molecule has 0 aromatic heterocycles. The van der Waals surface area contributed by atoms with E-state index >= 15 is 0 Å². The first kappa shape index (κ1) is 14.5. The number of hydrogen-bond donors (Lipinski definition) is 2. The first-order chi connectivity index (χ1) is 9.99. The highest BCUT2D eigenvalue weighted by molar-refractivity contribution is 6.08. The highest BCUT2D eigenvalue weighted by Gasteiger charge is 2.23. The number of nitrogens with zero attached hydrogens (tertiary/aromatic N) is 1. The Balaban J connectivity index is 2.41. The number of carboxylic acid groups (broad SMARTS) is 1.